The van der Waals surface area contributed by atoms with E-state index >= 15 is 0 Å². The Morgan fingerprint density at radius 2 is 2.10 bits per heavy atom. The van der Waals surface area contributed by atoms with Gasteiger partial charge < -0.3 is 11.1 Å². The van der Waals surface area contributed by atoms with Crippen LogP contribution in [0.4, 0.5) is 0 Å². The van der Waals surface area contributed by atoms with Gasteiger partial charge in [-0.05, 0) is 37.3 Å². The van der Waals surface area contributed by atoms with Crippen LogP contribution >= 0.6 is 23.4 Å². The van der Waals surface area contributed by atoms with E-state index in [9.17, 15) is 4.79 Å². The van der Waals surface area contributed by atoms with Crippen molar-refractivity contribution in [3.05, 3.63) is 28.8 Å². The predicted octanol–water partition coefficient (Wildman–Crippen LogP) is 3.45. The van der Waals surface area contributed by atoms with Gasteiger partial charge in [0, 0.05) is 17.0 Å². The zero-order chi connectivity index (χ0) is 14.6. The Bertz CT molecular complexity index is 487. The Morgan fingerprint density at radius 1 is 1.40 bits per heavy atom. The van der Waals surface area contributed by atoms with Crippen molar-refractivity contribution in [2.24, 2.45) is 5.73 Å². The first kappa shape index (κ1) is 15.7. The zero-order valence-electron chi connectivity index (χ0n) is 11.7. The molecule has 0 aliphatic heterocycles. The number of carbonyl (C=O) groups is 1. The second kappa shape index (κ2) is 6.83. The number of amides is 1. The predicted molar refractivity (Wildman–Crippen MR) is 85.6 cm³/mol. The maximum Gasteiger partial charge on any atom is 0.252 e. The second-order valence-corrected chi connectivity index (χ2v) is 6.74. The van der Waals surface area contributed by atoms with Crippen LogP contribution in [0.15, 0.2) is 23.1 Å². The highest BCUT2D eigenvalue weighted by atomic mass is 35.5. The van der Waals surface area contributed by atoms with Gasteiger partial charge in [-0.3, -0.25) is 4.79 Å². The molecule has 1 amide bonds. The van der Waals surface area contributed by atoms with E-state index in [1.54, 1.807) is 17.8 Å². The topological polar surface area (TPSA) is 55.1 Å². The quantitative estimate of drug-likeness (QED) is 0.837. The van der Waals surface area contributed by atoms with E-state index in [0.29, 0.717) is 17.1 Å². The highest BCUT2D eigenvalue weighted by Gasteiger charge is 2.28. The Kier molecular flexibility index (Phi) is 5.35. The Labute approximate surface area is 129 Å². The summed E-state index contributed by atoms with van der Waals surface area (Å²) in [6.07, 6.45) is 7.47. The number of halogens is 1. The van der Waals surface area contributed by atoms with Gasteiger partial charge in [-0.15, -0.1) is 11.8 Å². The molecule has 3 nitrogen and oxygen atoms in total. The van der Waals surface area contributed by atoms with Crippen molar-refractivity contribution < 1.29 is 4.79 Å². The average Bonchev–Trinajstić information content (AvgIpc) is 2.46. The third kappa shape index (κ3) is 3.90. The Morgan fingerprint density at radius 3 is 2.75 bits per heavy atom. The fraction of sp³-hybridized carbons (Fsp3) is 0.533. The van der Waals surface area contributed by atoms with E-state index in [4.69, 9.17) is 17.3 Å². The molecule has 20 heavy (non-hydrogen) atoms. The summed E-state index contributed by atoms with van der Waals surface area (Å²) in [6, 6.07) is 5.50. The molecule has 110 valence electrons. The van der Waals surface area contributed by atoms with Crippen molar-refractivity contribution in [2.75, 3.05) is 12.8 Å². The molecule has 0 radical (unpaired) electrons. The second-order valence-electron chi connectivity index (χ2n) is 5.45. The van der Waals surface area contributed by atoms with Crippen LogP contribution in [0.5, 0.6) is 0 Å². The molecule has 0 heterocycles. The largest absolute Gasteiger partial charge is 0.350 e. The number of carbonyl (C=O) groups excluding carboxylic acids is 1. The van der Waals surface area contributed by atoms with Crippen LogP contribution in [0.25, 0.3) is 0 Å². The molecule has 0 bridgehead atoms. The lowest BCUT2D eigenvalue weighted by molar-refractivity contribution is 0.0937. The van der Waals surface area contributed by atoms with Gasteiger partial charge in [-0.1, -0.05) is 30.9 Å². The van der Waals surface area contributed by atoms with Crippen molar-refractivity contribution in [1.82, 2.24) is 5.32 Å². The van der Waals surface area contributed by atoms with Crippen molar-refractivity contribution in [1.29, 1.82) is 0 Å². The van der Waals surface area contributed by atoms with Gasteiger partial charge in [0.2, 0.25) is 0 Å². The summed E-state index contributed by atoms with van der Waals surface area (Å²) in [4.78, 5) is 13.3. The summed E-state index contributed by atoms with van der Waals surface area (Å²) in [5.74, 6) is -0.138. The highest BCUT2D eigenvalue weighted by molar-refractivity contribution is 7.98. The molecule has 3 N–H and O–H groups in total. The smallest absolute Gasteiger partial charge is 0.252 e. The van der Waals surface area contributed by atoms with Crippen LogP contribution in [-0.2, 0) is 0 Å². The molecule has 0 saturated heterocycles. The standard InChI is InChI=1S/C15H21ClN2OS/c1-20-11-5-6-13(16)12(9-11)14(19)18-10-15(17)7-3-2-4-8-15/h5-6,9H,2-4,7-8,10,17H2,1H3,(H,18,19). The summed E-state index contributed by atoms with van der Waals surface area (Å²) in [6.45, 7) is 0.520. The maximum atomic E-state index is 12.3. The third-order valence-electron chi connectivity index (χ3n) is 3.87. The Hall–Kier alpha value is -0.710. The first-order valence-electron chi connectivity index (χ1n) is 6.95. The van der Waals surface area contributed by atoms with Gasteiger partial charge >= 0.3 is 0 Å². The lowest BCUT2D eigenvalue weighted by atomic mass is 9.82. The average molecular weight is 313 g/mol. The lowest BCUT2D eigenvalue weighted by Crippen LogP contribution is -2.51. The van der Waals surface area contributed by atoms with Crippen molar-refractivity contribution in [3.8, 4) is 0 Å². The summed E-state index contributed by atoms with van der Waals surface area (Å²) in [7, 11) is 0. The molecule has 0 spiro atoms. The van der Waals surface area contributed by atoms with Gasteiger partial charge in [-0.25, -0.2) is 0 Å². The van der Waals surface area contributed by atoms with Gasteiger partial charge in [0.1, 0.15) is 0 Å². The molecule has 1 aliphatic rings. The van der Waals surface area contributed by atoms with Crippen LogP contribution in [0.2, 0.25) is 5.02 Å². The van der Waals surface area contributed by atoms with Crippen LogP contribution in [0, 0.1) is 0 Å². The number of benzene rings is 1. The number of hydrogen-bond acceptors (Lipinski definition) is 3. The number of nitrogens with two attached hydrogens (primary N) is 1. The first-order valence-corrected chi connectivity index (χ1v) is 8.55. The molecular formula is C15H21ClN2OS. The fourth-order valence-corrected chi connectivity index (χ4v) is 3.23. The van der Waals surface area contributed by atoms with E-state index in [1.165, 1.54) is 6.42 Å². The molecule has 2 rings (SSSR count). The van der Waals surface area contributed by atoms with Crippen molar-refractivity contribution in [3.63, 3.8) is 0 Å². The number of rotatable bonds is 4. The van der Waals surface area contributed by atoms with Crippen molar-refractivity contribution >= 4 is 29.3 Å². The number of hydrogen-bond donors (Lipinski definition) is 2. The summed E-state index contributed by atoms with van der Waals surface area (Å²) < 4.78 is 0. The molecule has 0 aromatic heterocycles. The van der Waals surface area contributed by atoms with Gasteiger partial charge in [0.15, 0.2) is 0 Å². The van der Waals surface area contributed by atoms with Gasteiger partial charge in [0.05, 0.1) is 10.6 Å². The van der Waals surface area contributed by atoms with Gasteiger partial charge in [0.25, 0.3) is 5.91 Å². The van der Waals surface area contributed by atoms with Crippen LogP contribution in [0.3, 0.4) is 0 Å². The highest BCUT2D eigenvalue weighted by Crippen LogP contribution is 2.26. The molecule has 1 aromatic rings. The minimum absolute atomic E-state index is 0.138. The third-order valence-corrected chi connectivity index (χ3v) is 4.92. The summed E-state index contributed by atoms with van der Waals surface area (Å²) in [5, 5.41) is 3.43. The van der Waals surface area contributed by atoms with Gasteiger partial charge in [-0.2, -0.15) is 0 Å². The zero-order valence-corrected chi connectivity index (χ0v) is 13.3. The van der Waals surface area contributed by atoms with Crippen LogP contribution in [0.1, 0.15) is 42.5 Å². The van der Waals surface area contributed by atoms with E-state index in [2.05, 4.69) is 5.32 Å². The van der Waals surface area contributed by atoms with Crippen LogP contribution < -0.4 is 11.1 Å². The maximum absolute atomic E-state index is 12.3. The van der Waals surface area contributed by atoms with E-state index in [-0.39, 0.29) is 11.4 Å². The molecular weight excluding hydrogens is 292 g/mol. The van der Waals surface area contributed by atoms with Crippen molar-refractivity contribution in [2.45, 2.75) is 42.5 Å². The molecule has 5 heteroatoms. The lowest BCUT2D eigenvalue weighted by Gasteiger charge is -2.33. The SMILES string of the molecule is CSc1ccc(Cl)c(C(=O)NCC2(N)CCCCC2)c1. The number of nitrogens with one attached hydrogen (secondary N) is 1. The minimum Gasteiger partial charge on any atom is -0.350 e. The van der Waals surface area contributed by atoms with E-state index in [1.807, 2.05) is 18.4 Å². The monoisotopic (exact) mass is 312 g/mol. The Balaban J connectivity index is 2.01. The summed E-state index contributed by atoms with van der Waals surface area (Å²) >= 11 is 7.69. The fourth-order valence-electron chi connectivity index (χ4n) is 2.59. The van der Waals surface area contributed by atoms with E-state index < -0.39 is 0 Å². The molecule has 0 atom stereocenters. The molecule has 0 unspecified atom stereocenters. The summed E-state index contributed by atoms with van der Waals surface area (Å²) in [5.41, 5.74) is 6.60. The van der Waals surface area contributed by atoms with Crippen LogP contribution in [-0.4, -0.2) is 24.2 Å². The van der Waals surface area contributed by atoms with E-state index in [0.717, 1.165) is 30.6 Å². The minimum atomic E-state index is -0.252. The molecule has 1 saturated carbocycles. The molecule has 1 aliphatic carbocycles. The first-order chi connectivity index (χ1) is 9.54. The molecule has 1 fully saturated rings. The number of thioether (sulfide) groups is 1. The normalized spacial score (nSPS) is 17.8. The molecule has 1 aromatic carbocycles.